The van der Waals surface area contributed by atoms with Gasteiger partial charge in [0, 0.05) is 17.8 Å². The van der Waals surface area contributed by atoms with Gasteiger partial charge in [0.05, 0.1) is 0 Å². The van der Waals surface area contributed by atoms with Crippen LogP contribution in [0, 0.1) is 5.82 Å². The number of nitrogens with zero attached hydrogens (tertiary/aromatic N) is 1. The Morgan fingerprint density at radius 1 is 1.28 bits per heavy atom. The number of rotatable bonds is 5. The second kappa shape index (κ2) is 6.04. The molecule has 1 aromatic rings. The molecule has 0 aromatic heterocycles. The summed E-state index contributed by atoms with van der Waals surface area (Å²) >= 11 is 0. The summed E-state index contributed by atoms with van der Waals surface area (Å²) in [6, 6.07) is 4.13. The highest BCUT2D eigenvalue weighted by molar-refractivity contribution is 5.54. The minimum Gasteiger partial charge on any atom is -0.363 e. The molecule has 0 aliphatic heterocycles. The Labute approximate surface area is 103 Å². The first kappa shape index (κ1) is 14.8. The van der Waals surface area contributed by atoms with Gasteiger partial charge in [0.1, 0.15) is 12.4 Å². The monoisotopic (exact) mass is 264 g/mol. The fourth-order valence-electron chi connectivity index (χ4n) is 1.82. The van der Waals surface area contributed by atoms with Gasteiger partial charge in [0.15, 0.2) is 0 Å². The zero-order valence-electron chi connectivity index (χ0n) is 10.1. The van der Waals surface area contributed by atoms with Gasteiger partial charge in [0.2, 0.25) is 0 Å². The highest BCUT2D eigenvalue weighted by Gasteiger charge is 2.31. The maximum Gasteiger partial charge on any atom is 0.405 e. The molecule has 0 unspecified atom stereocenters. The number of hydrogen-bond donors (Lipinski definition) is 1. The van der Waals surface area contributed by atoms with Crippen molar-refractivity contribution in [3.05, 3.63) is 29.6 Å². The molecule has 0 heterocycles. The fourth-order valence-corrected chi connectivity index (χ4v) is 1.82. The van der Waals surface area contributed by atoms with Crippen molar-refractivity contribution in [2.75, 3.05) is 24.5 Å². The summed E-state index contributed by atoms with van der Waals surface area (Å²) < 4.78 is 50.9. The van der Waals surface area contributed by atoms with Crippen LogP contribution >= 0.6 is 0 Å². The minimum absolute atomic E-state index is 0.153. The summed E-state index contributed by atoms with van der Waals surface area (Å²) in [6.07, 6.45) is -4.10. The molecular weight excluding hydrogens is 248 g/mol. The molecule has 0 saturated carbocycles. The third-order valence-electron chi connectivity index (χ3n) is 2.58. The van der Waals surface area contributed by atoms with Crippen LogP contribution in [0.4, 0.5) is 23.2 Å². The van der Waals surface area contributed by atoms with Crippen molar-refractivity contribution in [1.82, 2.24) is 0 Å². The summed E-state index contributed by atoms with van der Waals surface area (Å²) in [4.78, 5) is 1.11. The maximum absolute atomic E-state index is 13.6. The van der Waals surface area contributed by atoms with Crippen molar-refractivity contribution in [2.24, 2.45) is 5.73 Å². The number of halogens is 4. The first-order valence-corrected chi connectivity index (χ1v) is 5.68. The van der Waals surface area contributed by atoms with Crippen LogP contribution in [-0.4, -0.2) is 25.8 Å². The van der Waals surface area contributed by atoms with Gasteiger partial charge in [-0.25, -0.2) is 4.39 Å². The molecule has 2 N–H and O–H groups in total. The molecule has 0 amide bonds. The molecule has 0 atom stereocenters. The van der Waals surface area contributed by atoms with Gasteiger partial charge in [-0.1, -0.05) is 6.07 Å². The molecule has 0 spiro atoms. The molecule has 0 saturated heterocycles. The predicted molar refractivity (Wildman–Crippen MR) is 63.1 cm³/mol. The lowest BCUT2D eigenvalue weighted by molar-refractivity contribution is -0.119. The van der Waals surface area contributed by atoms with Crippen molar-refractivity contribution in [3.8, 4) is 0 Å². The molecule has 0 radical (unpaired) electrons. The first-order valence-electron chi connectivity index (χ1n) is 5.68. The normalized spacial score (nSPS) is 11.7. The van der Waals surface area contributed by atoms with E-state index >= 15 is 0 Å². The predicted octanol–water partition coefficient (Wildman–Crippen LogP) is 2.72. The quantitative estimate of drug-likeness (QED) is 0.828. The Morgan fingerprint density at radius 2 is 1.94 bits per heavy atom. The summed E-state index contributed by atoms with van der Waals surface area (Å²) in [5.41, 5.74) is 5.87. The Kier molecular flexibility index (Phi) is 4.95. The van der Waals surface area contributed by atoms with Crippen molar-refractivity contribution < 1.29 is 17.6 Å². The molecule has 0 aliphatic rings. The highest BCUT2D eigenvalue weighted by atomic mass is 19.4. The number of alkyl halides is 3. The molecule has 2 nitrogen and oxygen atoms in total. The second-order valence-corrected chi connectivity index (χ2v) is 3.91. The molecule has 0 bridgehead atoms. The molecule has 0 aliphatic carbocycles. The van der Waals surface area contributed by atoms with E-state index in [1.165, 1.54) is 18.2 Å². The molecule has 1 rings (SSSR count). The van der Waals surface area contributed by atoms with E-state index in [1.54, 1.807) is 6.92 Å². The van der Waals surface area contributed by atoms with Gasteiger partial charge in [-0.15, -0.1) is 0 Å². The summed E-state index contributed by atoms with van der Waals surface area (Å²) in [5.74, 6) is -0.515. The van der Waals surface area contributed by atoms with E-state index in [9.17, 15) is 17.6 Å². The van der Waals surface area contributed by atoms with Crippen LogP contribution in [0.5, 0.6) is 0 Å². The molecular formula is C12H16F4N2. The second-order valence-electron chi connectivity index (χ2n) is 3.91. The van der Waals surface area contributed by atoms with E-state index < -0.39 is 18.5 Å². The van der Waals surface area contributed by atoms with Gasteiger partial charge in [-0.2, -0.15) is 13.2 Å². The van der Waals surface area contributed by atoms with E-state index in [4.69, 9.17) is 5.73 Å². The minimum atomic E-state index is -4.32. The SMILES string of the molecule is CCN(CC(F)(F)F)c1cccc(F)c1CCN. The van der Waals surface area contributed by atoms with E-state index in [1.807, 2.05) is 0 Å². The molecule has 102 valence electrons. The van der Waals surface area contributed by atoms with Gasteiger partial charge >= 0.3 is 6.18 Å². The highest BCUT2D eigenvalue weighted by Crippen LogP contribution is 2.27. The maximum atomic E-state index is 13.6. The summed E-state index contributed by atoms with van der Waals surface area (Å²) in [5, 5.41) is 0. The van der Waals surface area contributed by atoms with Gasteiger partial charge in [-0.05, 0) is 32.0 Å². The number of anilines is 1. The lowest BCUT2D eigenvalue weighted by Gasteiger charge is -2.27. The number of benzene rings is 1. The van der Waals surface area contributed by atoms with E-state index in [0.717, 1.165) is 4.90 Å². The van der Waals surface area contributed by atoms with E-state index in [2.05, 4.69) is 0 Å². The third kappa shape index (κ3) is 3.87. The first-order chi connectivity index (χ1) is 8.39. The average molecular weight is 264 g/mol. The number of nitrogens with two attached hydrogens (primary N) is 1. The van der Waals surface area contributed by atoms with Crippen LogP contribution in [0.25, 0.3) is 0 Å². The van der Waals surface area contributed by atoms with Gasteiger partial charge in [-0.3, -0.25) is 0 Å². The molecule has 0 fully saturated rings. The van der Waals surface area contributed by atoms with Crippen molar-refractivity contribution >= 4 is 5.69 Å². The van der Waals surface area contributed by atoms with Crippen LogP contribution < -0.4 is 10.6 Å². The Bertz CT molecular complexity index is 390. The van der Waals surface area contributed by atoms with E-state index in [-0.39, 0.29) is 30.8 Å². The molecule has 1 aromatic carbocycles. The zero-order valence-corrected chi connectivity index (χ0v) is 10.1. The third-order valence-corrected chi connectivity index (χ3v) is 2.58. The lowest BCUT2D eigenvalue weighted by atomic mass is 10.1. The Balaban J connectivity index is 3.08. The van der Waals surface area contributed by atoms with Gasteiger partial charge in [0.25, 0.3) is 0 Å². The lowest BCUT2D eigenvalue weighted by Crippen LogP contribution is -2.35. The molecule has 18 heavy (non-hydrogen) atoms. The number of hydrogen-bond acceptors (Lipinski definition) is 2. The van der Waals surface area contributed by atoms with Crippen LogP contribution in [0.3, 0.4) is 0 Å². The van der Waals surface area contributed by atoms with Crippen LogP contribution in [0.15, 0.2) is 18.2 Å². The Hall–Kier alpha value is -1.30. The summed E-state index contributed by atoms with van der Waals surface area (Å²) in [6.45, 7) is 0.853. The van der Waals surface area contributed by atoms with Crippen LogP contribution in [0.2, 0.25) is 0 Å². The molecule has 6 heteroatoms. The standard InChI is InChI=1S/C12H16F4N2/c1-2-18(8-12(14,15)16)11-5-3-4-10(13)9(11)6-7-17/h3-5H,2,6-8,17H2,1H3. The van der Waals surface area contributed by atoms with Crippen molar-refractivity contribution in [3.63, 3.8) is 0 Å². The average Bonchev–Trinajstić information content (AvgIpc) is 2.28. The Morgan fingerprint density at radius 3 is 2.44 bits per heavy atom. The van der Waals surface area contributed by atoms with Crippen molar-refractivity contribution in [2.45, 2.75) is 19.5 Å². The van der Waals surface area contributed by atoms with E-state index in [0.29, 0.717) is 0 Å². The largest absolute Gasteiger partial charge is 0.405 e. The van der Waals surface area contributed by atoms with Crippen molar-refractivity contribution in [1.29, 1.82) is 0 Å². The topological polar surface area (TPSA) is 29.3 Å². The summed E-state index contributed by atoms with van der Waals surface area (Å²) in [7, 11) is 0. The zero-order chi connectivity index (χ0) is 13.8. The van der Waals surface area contributed by atoms with Crippen LogP contribution in [0.1, 0.15) is 12.5 Å². The fraction of sp³-hybridized carbons (Fsp3) is 0.500. The van der Waals surface area contributed by atoms with Gasteiger partial charge < -0.3 is 10.6 Å². The van der Waals surface area contributed by atoms with Crippen LogP contribution in [-0.2, 0) is 6.42 Å². The smallest absolute Gasteiger partial charge is 0.363 e.